The van der Waals surface area contributed by atoms with Crippen LogP contribution in [-0.4, -0.2) is 38.1 Å². The van der Waals surface area contributed by atoms with Crippen LogP contribution in [0.4, 0.5) is 0 Å². The van der Waals surface area contributed by atoms with Crippen molar-refractivity contribution in [2.24, 2.45) is 5.92 Å². The van der Waals surface area contributed by atoms with Crippen LogP contribution < -0.4 is 0 Å². The third-order valence-electron chi connectivity index (χ3n) is 7.18. The van der Waals surface area contributed by atoms with Crippen molar-refractivity contribution < 1.29 is 9.53 Å². The first-order valence-electron chi connectivity index (χ1n) is 15.5. The number of nitrogens with zero attached hydrogens (tertiary/aromatic N) is 1. The molecule has 0 amide bonds. The summed E-state index contributed by atoms with van der Waals surface area (Å²) in [6, 6.07) is 0. The summed E-state index contributed by atoms with van der Waals surface area (Å²) in [4.78, 5) is 14.2. The van der Waals surface area contributed by atoms with Crippen LogP contribution in [0.25, 0.3) is 0 Å². The molecule has 0 aromatic heterocycles. The minimum atomic E-state index is -0.0344. The topological polar surface area (TPSA) is 29.5 Å². The van der Waals surface area contributed by atoms with Crippen LogP contribution in [0.15, 0.2) is 12.2 Å². The first-order valence-corrected chi connectivity index (χ1v) is 15.5. The van der Waals surface area contributed by atoms with Crippen molar-refractivity contribution in [2.45, 2.75) is 155 Å². The Morgan fingerprint density at radius 3 is 1.74 bits per heavy atom. The van der Waals surface area contributed by atoms with Gasteiger partial charge in [0.1, 0.15) is 6.61 Å². The van der Waals surface area contributed by atoms with Gasteiger partial charge in [0.05, 0.1) is 0 Å². The van der Waals surface area contributed by atoms with Gasteiger partial charge in [-0.3, -0.25) is 4.79 Å². The lowest BCUT2D eigenvalue weighted by atomic mass is 9.91. The van der Waals surface area contributed by atoms with E-state index in [9.17, 15) is 4.79 Å². The molecule has 1 atom stereocenters. The fourth-order valence-corrected chi connectivity index (χ4v) is 4.76. The Balaban J connectivity index is 3.70. The highest BCUT2D eigenvalue weighted by Crippen LogP contribution is 2.22. The predicted molar refractivity (Wildman–Crippen MR) is 155 cm³/mol. The van der Waals surface area contributed by atoms with E-state index in [-0.39, 0.29) is 5.97 Å². The van der Waals surface area contributed by atoms with Crippen LogP contribution in [0, 0.1) is 5.92 Å². The molecule has 0 saturated heterocycles. The van der Waals surface area contributed by atoms with Crippen LogP contribution in [0.3, 0.4) is 0 Å². The van der Waals surface area contributed by atoms with Crippen LogP contribution in [-0.2, 0) is 9.53 Å². The van der Waals surface area contributed by atoms with E-state index in [4.69, 9.17) is 4.74 Å². The third-order valence-corrected chi connectivity index (χ3v) is 7.18. The maximum Gasteiger partial charge on any atom is 0.306 e. The first kappa shape index (κ1) is 34.2. The Morgan fingerprint density at radius 1 is 0.657 bits per heavy atom. The van der Waals surface area contributed by atoms with E-state index in [1.807, 2.05) is 6.08 Å². The normalized spacial score (nSPS) is 12.6. The van der Waals surface area contributed by atoms with Gasteiger partial charge < -0.3 is 9.64 Å². The molecule has 0 heterocycles. The zero-order chi connectivity index (χ0) is 25.8. The second-order valence-electron chi connectivity index (χ2n) is 11.0. The molecule has 0 bridgehead atoms. The van der Waals surface area contributed by atoms with Crippen molar-refractivity contribution in [3.8, 4) is 0 Å². The molecule has 0 aliphatic heterocycles. The van der Waals surface area contributed by atoms with Gasteiger partial charge in [0.15, 0.2) is 0 Å². The lowest BCUT2D eigenvalue weighted by molar-refractivity contribution is -0.142. The lowest BCUT2D eigenvalue weighted by Crippen LogP contribution is -2.17. The standard InChI is InChI=1S/C32H63NO2/c1-5-7-9-11-13-14-17-21-25-31(28-29-33(3)4)26-22-18-15-16-19-23-27-32(34)35-30-24-20-12-10-8-6-2/h20,24,31H,5-19,21-23,25-30H2,1-4H3. The van der Waals surface area contributed by atoms with Crippen molar-refractivity contribution in [1.29, 1.82) is 0 Å². The van der Waals surface area contributed by atoms with Gasteiger partial charge in [0, 0.05) is 6.42 Å². The Morgan fingerprint density at radius 2 is 1.17 bits per heavy atom. The lowest BCUT2D eigenvalue weighted by Gasteiger charge is -2.19. The Hall–Kier alpha value is -0.830. The van der Waals surface area contributed by atoms with Gasteiger partial charge in [0.2, 0.25) is 0 Å². The number of unbranched alkanes of at least 4 members (excludes halogenated alkanes) is 15. The molecule has 1 unspecified atom stereocenters. The van der Waals surface area contributed by atoms with Gasteiger partial charge >= 0.3 is 5.97 Å². The zero-order valence-corrected chi connectivity index (χ0v) is 24.5. The smallest absolute Gasteiger partial charge is 0.306 e. The van der Waals surface area contributed by atoms with Crippen molar-refractivity contribution in [2.75, 3.05) is 27.2 Å². The number of allylic oxidation sites excluding steroid dienone is 1. The minimum Gasteiger partial charge on any atom is -0.461 e. The molecule has 0 aliphatic rings. The average Bonchev–Trinajstić information content (AvgIpc) is 2.84. The molecule has 0 aromatic rings. The highest BCUT2D eigenvalue weighted by Gasteiger charge is 2.09. The van der Waals surface area contributed by atoms with Crippen LogP contribution in [0.2, 0.25) is 0 Å². The SMILES string of the molecule is CCCCCC=CCOC(=O)CCCCCCCCC(CCCCCCCCCC)CCN(C)C. The number of esters is 1. The Labute approximate surface area is 220 Å². The Bertz CT molecular complexity index is 460. The van der Waals surface area contributed by atoms with Crippen molar-refractivity contribution >= 4 is 5.97 Å². The van der Waals surface area contributed by atoms with E-state index in [1.54, 1.807) is 0 Å². The van der Waals surface area contributed by atoms with Crippen molar-refractivity contribution in [3.05, 3.63) is 12.2 Å². The van der Waals surface area contributed by atoms with Crippen molar-refractivity contribution in [1.82, 2.24) is 4.90 Å². The second kappa shape index (κ2) is 27.8. The molecule has 0 saturated carbocycles. The molecule has 3 nitrogen and oxygen atoms in total. The summed E-state index contributed by atoms with van der Waals surface area (Å²) in [6.45, 7) is 6.18. The number of rotatable bonds is 27. The summed E-state index contributed by atoms with van der Waals surface area (Å²) in [7, 11) is 4.41. The van der Waals surface area contributed by atoms with Gasteiger partial charge in [-0.2, -0.15) is 0 Å². The predicted octanol–water partition coefficient (Wildman–Crippen LogP) is 9.89. The first-order chi connectivity index (χ1) is 17.1. The van der Waals surface area contributed by atoms with E-state index >= 15 is 0 Å². The molecule has 0 N–H and O–H groups in total. The van der Waals surface area contributed by atoms with Gasteiger partial charge in [-0.15, -0.1) is 0 Å². The van der Waals surface area contributed by atoms with Gasteiger partial charge in [-0.05, 0) is 52.2 Å². The summed E-state index contributed by atoms with van der Waals surface area (Å²) in [5.41, 5.74) is 0. The largest absolute Gasteiger partial charge is 0.461 e. The van der Waals surface area contributed by atoms with Crippen LogP contribution in [0.1, 0.15) is 155 Å². The molecule has 0 aliphatic carbocycles. The van der Waals surface area contributed by atoms with E-state index in [0.29, 0.717) is 13.0 Å². The molecular weight excluding hydrogens is 430 g/mol. The van der Waals surface area contributed by atoms with E-state index < -0.39 is 0 Å². The second-order valence-corrected chi connectivity index (χ2v) is 11.0. The fourth-order valence-electron chi connectivity index (χ4n) is 4.76. The van der Waals surface area contributed by atoms with Gasteiger partial charge in [-0.1, -0.05) is 135 Å². The van der Waals surface area contributed by atoms with Crippen LogP contribution >= 0.6 is 0 Å². The number of carbonyl (C=O) groups excluding carboxylic acids is 1. The summed E-state index contributed by atoms with van der Waals surface area (Å²) >= 11 is 0. The molecule has 0 rings (SSSR count). The molecule has 35 heavy (non-hydrogen) atoms. The highest BCUT2D eigenvalue weighted by atomic mass is 16.5. The van der Waals surface area contributed by atoms with Crippen molar-refractivity contribution in [3.63, 3.8) is 0 Å². The van der Waals surface area contributed by atoms with E-state index in [1.165, 1.54) is 122 Å². The maximum atomic E-state index is 11.8. The zero-order valence-electron chi connectivity index (χ0n) is 24.5. The minimum absolute atomic E-state index is 0.0344. The molecule has 0 fully saturated rings. The quantitative estimate of drug-likeness (QED) is 0.0647. The number of ether oxygens (including phenoxy) is 1. The summed E-state index contributed by atoms with van der Waals surface area (Å²) < 4.78 is 5.30. The monoisotopic (exact) mass is 493 g/mol. The fraction of sp³-hybridized carbons (Fsp3) is 0.906. The molecule has 208 valence electrons. The number of hydrogen-bond acceptors (Lipinski definition) is 3. The molecule has 3 heteroatoms. The summed E-state index contributed by atoms with van der Waals surface area (Å²) in [6.07, 6.45) is 32.6. The third kappa shape index (κ3) is 27.6. The number of hydrogen-bond donors (Lipinski definition) is 0. The number of carbonyl (C=O) groups is 1. The van der Waals surface area contributed by atoms with E-state index in [2.05, 4.69) is 38.9 Å². The molecular formula is C32H63NO2. The summed E-state index contributed by atoms with van der Waals surface area (Å²) in [5.74, 6) is 0.876. The molecule has 0 radical (unpaired) electrons. The van der Waals surface area contributed by atoms with Gasteiger partial charge in [0.25, 0.3) is 0 Å². The highest BCUT2D eigenvalue weighted by molar-refractivity contribution is 5.69. The Kier molecular flexibility index (Phi) is 27.1. The van der Waals surface area contributed by atoms with E-state index in [0.717, 1.165) is 25.2 Å². The molecule has 0 spiro atoms. The average molecular weight is 494 g/mol. The van der Waals surface area contributed by atoms with Crippen LogP contribution in [0.5, 0.6) is 0 Å². The maximum absolute atomic E-state index is 11.8. The summed E-state index contributed by atoms with van der Waals surface area (Å²) in [5, 5.41) is 0. The van der Waals surface area contributed by atoms with Gasteiger partial charge in [-0.25, -0.2) is 0 Å². The molecule has 0 aromatic carbocycles.